The standard InChI is InChI=1S/C22H24F2N2O4/c1-3-16(23)12-5-4-8-25(10-12)19-17(24)9-14-18(21(19)30-2)26(13-6-7-13)11-15(20(14)27)22(28)29/h9,11,13H,3-8,10H2,1-2H3,(H,28,29)/b16-12+. The molecular weight excluding hydrogens is 394 g/mol. The summed E-state index contributed by atoms with van der Waals surface area (Å²) in [6.45, 7) is 2.52. The van der Waals surface area contributed by atoms with Gasteiger partial charge >= 0.3 is 5.97 Å². The molecule has 30 heavy (non-hydrogen) atoms. The van der Waals surface area contributed by atoms with Crippen LogP contribution in [0.15, 0.2) is 28.5 Å². The number of fused-ring (bicyclic) bond motifs is 1. The van der Waals surface area contributed by atoms with Gasteiger partial charge in [-0.2, -0.15) is 0 Å². The number of hydrogen-bond acceptors (Lipinski definition) is 4. The number of halogens is 2. The summed E-state index contributed by atoms with van der Waals surface area (Å²) >= 11 is 0. The highest BCUT2D eigenvalue weighted by Crippen LogP contribution is 2.44. The van der Waals surface area contributed by atoms with Gasteiger partial charge in [0.1, 0.15) is 17.1 Å². The SMILES string of the molecule is CC/C(F)=C1/CCCN(c2c(F)cc3c(=O)c(C(=O)O)cn(C4CC4)c3c2OC)C1. The Kier molecular flexibility index (Phi) is 5.26. The number of allylic oxidation sites excluding steroid dienone is 1. The van der Waals surface area contributed by atoms with E-state index in [2.05, 4.69) is 0 Å². The zero-order valence-corrected chi connectivity index (χ0v) is 17.0. The average Bonchev–Trinajstić information content (AvgIpc) is 3.58. The van der Waals surface area contributed by atoms with Gasteiger partial charge in [-0.15, -0.1) is 0 Å². The lowest BCUT2D eigenvalue weighted by atomic mass is 10.0. The van der Waals surface area contributed by atoms with Crippen LogP contribution in [-0.4, -0.2) is 35.8 Å². The molecule has 0 atom stereocenters. The Morgan fingerprint density at radius 3 is 2.70 bits per heavy atom. The highest BCUT2D eigenvalue weighted by atomic mass is 19.1. The number of anilines is 1. The van der Waals surface area contributed by atoms with Crippen molar-refractivity contribution >= 4 is 22.6 Å². The van der Waals surface area contributed by atoms with Crippen LogP contribution in [0.25, 0.3) is 10.9 Å². The van der Waals surface area contributed by atoms with Crippen LogP contribution in [-0.2, 0) is 0 Å². The number of ether oxygens (including phenoxy) is 1. The van der Waals surface area contributed by atoms with E-state index in [-0.39, 0.29) is 35.2 Å². The zero-order chi connectivity index (χ0) is 21.6. The van der Waals surface area contributed by atoms with Gasteiger partial charge in [0.05, 0.1) is 18.0 Å². The van der Waals surface area contributed by atoms with Crippen molar-refractivity contribution in [1.82, 2.24) is 4.57 Å². The van der Waals surface area contributed by atoms with E-state index in [1.54, 1.807) is 16.4 Å². The monoisotopic (exact) mass is 418 g/mol. The van der Waals surface area contributed by atoms with Gasteiger partial charge in [-0.25, -0.2) is 13.6 Å². The average molecular weight is 418 g/mol. The Morgan fingerprint density at radius 2 is 2.10 bits per heavy atom. The largest absolute Gasteiger partial charge is 0.492 e. The molecule has 0 spiro atoms. The Labute approximate surface area is 172 Å². The summed E-state index contributed by atoms with van der Waals surface area (Å²) in [5, 5.41) is 9.40. The Hall–Kier alpha value is -2.90. The summed E-state index contributed by atoms with van der Waals surface area (Å²) in [7, 11) is 1.40. The molecule has 4 rings (SSSR count). The predicted octanol–water partition coefficient (Wildman–Crippen LogP) is 4.42. The van der Waals surface area contributed by atoms with E-state index in [0.29, 0.717) is 36.9 Å². The van der Waals surface area contributed by atoms with Crippen LogP contribution in [0.5, 0.6) is 5.75 Å². The minimum absolute atomic E-state index is 0.0209. The fraction of sp³-hybridized carbons (Fsp3) is 0.455. The molecule has 1 N–H and O–H groups in total. The van der Waals surface area contributed by atoms with Crippen molar-refractivity contribution in [2.45, 2.75) is 45.1 Å². The molecule has 0 radical (unpaired) electrons. The summed E-state index contributed by atoms with van der Waals surface area (Å²) in [6.07, 6.45) is 4.60. The molecule has 1 saturated heterocycles. The first-order valence-corrected chi connectivity index (χ1v) is 10.2. The second kappa shape index (κ2) is 7.74. The smallest absolute Gasteiger partial charge is 0.341 e. The molecule has 160 valence electrons. The molecule has 2 fully saturated rings. The maximum atomic E-state index is 15.3. The lowest BCUT2D eigenvalue weighted by Crippen LogP contribution is -2.33. The van der Waals surface area contributed by atoms with E-state index >= 15 is 4.39 Å². The van der Waals surface area contributed by atoms with Crippen LogP contribution < -0.4 is 15.1 Å². The number of rotatable bonds is 5. The van der Waals surface area contributed by atoms with E-state index < -0.39 is 22.8 Å². The fourth-order valence-electron chi connectivity index (χ4n) is 4.26. The molecule has 1 saturated carbocycles. The normalized spacial score (nSPS) is 18.6. The Morgan fingerprint density at radius 1 is 1.37 bits per heavy atom. The molecule has 8 heteroatoms. The maximum Gasteiger partial charge on any atom is 0.341 e. The van der Waals surface area contributed by atoms with Crippen molar-refractivity contribution < 1.29 is 23.4 Å². The van der Waals surface area contributed by atoms with Gasteiger partial charge < -0.3 is 19.3 Å². The number of carboxylic acids is 1. The number of aromatic carboxylic acids is 1. The molecule has 1 aliphatic carbocycles. The van der Waals surface area contributed by atoms with Crippen molar-refractivity contribution in [2.75, 3.05) is 25.1 Å². The number of piperidine rings is 1. The Bertz CT molecular complexity index is 1120. The summed E-state index contributed by atoms with van der Waals surface area (Å²) in [5.41, 5.74) is 0.0822. The Balaban J connectivity index is 1.97. The number of pyridine rings is 1. The quantitative estimate of drug-likeness (QED) is 0.779. The van der Waals surface area contributed by atoms with Crippen LogP contribution in [0.1, 0.15) is 55.4 Å². The van der Waals surface area contributed by atoms with Gasteiger partial charge in [-0.3, -0.25) is 4.79 Å². The number of carbonyl (C=O) groups is 1. The number of hydrogen-bond donors (Lipinski definition) is 1. The van der Waals surface area contributed by atoms with Gasteiger partial charge in [0.25, 0.3) is 0 Å². The van der Waals surface area contributed by atoms with Crippen LogP contribution in [0.3, 0.4) is 0 Å². The van der Waals surface area contributed by atoms with Crippen LogP contribution in [0.2, 0.25) is 0 Å². The second-order valence-electron chi connectivity index (χ2n) is 7.84. The summed E-state index contributed by atoms with van der Waals surface area (Å²) in [6, 6.07) is 1.13. The predicted molar refractivity (Wildman–Crippen MR) is 110 cm³/mol. The van der Waals surface area contributed by atoms with Crippen molar-refractivity contribution in [1.29, 1.82) is 0 Å². The van der Waals surface area contributed by atoms with Gasteiger partial charge in [0.15, 0.2) is 11.6 Å². The molecule has 0 bridgehead atoms. The maximum absolute atomic E-state index is 15.3. The number of benzene rings is 1. The summed E-state index contributed by atoms with van der Waals surface area (Å²) in [5.74, 6) is -2.02. The van der Waals surface area contributed by atoms with Crippen molar-refractivity contribution in [3.8, 4) is 5.75 Å². The highest BCUT2D eigenvalue weighted by molar-refractivity contribution is 5.97. The fourth-order valence-corrected chi connectivity index (χ4v) is 4.26. The number of carboxylic acid groups (broad SMARTS) is 1. The summed E-state index contributed by atoms with van der Waals surface area (Å²) < 4.78 is 36.8. The van der Waals surface area contributed by atoms with E-state index in [1.165, 1.54) is 13.3 Å². The van der Waals surface area contributed by atoms with Gasteiger partial charge in [0, 0.05) is 25.3 Å². The molecule has 1 aromatic heterocycles. The van der Waals surface area contributed by atoms with E-state index in [1.807, 2.05) is 0 Å². The van der Waals surface area contributed by atoms with Crippen molar-refractivity contribution in [3.63, 3.8) is 0 Å². The molecule has 2 aliphatic rings. The van der Waals surface area contributed by atoms with Gasteiger partial charge in [-0.05, 0) is 43.7 Å². The molecule has 0 unspecified atom stereocenters. The first kappa shape index (κ1) is 20.4. The number of nitrogens with zero attached hydrogens (tertiary/aromatic N) is 2. The lowest BCUT2D eigenvalue weighted by Gasteiger charge is -2.33. The molecule has 2 aromatic rings. The lowest BCUT2D eigenvalue weighted by molar-refractivity contribution is 0.0695. The highest BCUT2D eigenvalue weighted by Gasteiger charge is 2.32. The first-order valence-electron chi connectivity index (χ1n) is 10.2. The molecule has 2 heterocycles. The van der Waals surface area contributed by atoms with E-state index in [9.17, 15) is 19.1 Å². The third kappa shape index (κ3) is 3.34. The third-order valence-corrected chi connectivity index (χ3v) is 5.87. The molecule has 6 nitrogen and oxygen atoms in total. The second-order valence-corrected chi connectivity index (χ2v) is 7.84. The van der Waals surface area contributed by atoms with Crippen LogP contribution in [0.4, 0.5) is 14.5 Å². The minimum atomic E-state index is -1.35. The molecular formula is C22H24F2N2O4. The van der Waals surface area contributed by atoms with E-state index in [0.717, 1.165) is 18.9 Å². The first-order chi connectivity index (χ1) is 14.4. The third-order valence-electron chi connectivity index (χ3n) is 5.87. The van der Waals surface area contributed by atoms with Crippen molar-refractivity contribution in [2.24, 2.45) is 0 Å². The zero-order valence-electron chi connectivity index (χ0n) is 17.0. The molecule has 1 aliphatic heterocycles. The molecule has 1 aromatic carbocycles. The van der Waals surface area contributed by atoms with Crippen molar-refractivity contribution in [3.05, 3.63) is 45.3 Å². The van der Waals surface area contributed by atoms with Crippen LogP contribution in [0, 0.1) is 5.82 Å². The van der Waals surface area contributed by atoms with Gasteiger partial charge in [0.2, 0.25) is 5.43 Å². The summed E-state index contributed by atoms with van der Waals surface area (Å²) in [4.78, 5) is 26.1. The van der Waals surface area contributed by atoms with Gasteiger partial charge in [-0.1, -0.05) is 6.92 Å². The number of methoxy groups -OCH3 is 1. The minimum Gasteiger partial charge on any atom is -0.492 e. The topological polar surface area (TPSA) is 71.8 Å². The van der Waals surface area contributed by atoms with Crippen LogP contribution >= 0.6 is 0 Å². The molecule has 0 amide bonds. The van der Waals surface area contributed by atoms with E-state index in [4.69, 9.17) is 4.74 Å². The number of aromatic nitrogens is 1.